The monoisotopic (exact) mass is 424 g/mol. The number of hydrogen-bond acceptors (Lipinski definition) is 2. The van der Waals surface area contributed by atoms with Crippen LogP contribution in [0, 0.1) is 15.2 Å². The zero-order valence-electron chi connectivity index (χ0n) is 11.8. The van der Waals surface area contributed by atoms with Crippen LogP contribution in [0.4, 0.5) is 8.78 Å². The first kappa shape index (κ1) is 15.7. The summed E-state index contributed by atoms with van der Waals surface area (Å²) >= 11 is 2.11. The average molecular weight is 424 g/mol. The van der Waals surface area contributed by atoms with E-state index in [-0.39, 0.29) is 11.6 Å². The van der Waals surface area contributed by atoms with Crippen molar-refractivity contribution in [3.8, 4) is 23.0 Å². The van der Waals surface area contributed by atoms with E-state index in [0.29, 0.717) is 23.0 Å². The first-order valence-electron chi connectivity index (χ1n) is 6.76. The summed E-state index contributed by atoms with van der Waals surface area (Å²) in [6.07, 6.45) is 0. The molecule has 3 rings (SSSR count). The zero-order chi connectivity index (χ0) is 16.2. The zero-order valence-corrected chi connectivity index (χ0v) is 14.0. The standard InChI is InChI=1S/C18H11F2IO2/c19-12-3-1-5-14(9-12)22-16-7-8-17(21)18(11-16)23-15-6-2-4-13(20)10-15/h1-11H. The highest BCUT2D eigenvalue weighted by Gasteiger charge is 2.07. The second kappa shape index (κ2) is 6.95. The molecule has 0 saturated heterocycles. The van der Waals surface area contributed by atoms with Crippen molar-refractivity contribution in [2.24, 2.45) is 0 Å². The van der Waals surface area contributed by atoms with E-state index in [1.165, 1.54) is 24.3 Å². The van der Waals surface area contributed by atoms with E-state index in [2.05, 4.69) is 22.6 Å². The van der Waals surface area contributed by atoms with Crippen molar-refractivity contribution in [3.63, 3.8) is 0 Å². The van der Waals surface area contributed by atoms with E-state index in [1.807, 2.05) is 6.07 Å². The molecular formula is C18H11F2IO2. The molecule has 0 amide bonds. The van der Waals surface area contributed by atoms with Crippen LogP contribution >= 0.6 is 22.6 Å². The Balaban J connectivity index is 1.84. The van der Waals surface area contributed by atoms with E-state index in [4.69, 9.17) is 9.47 Å². The minimum absolute atomic E-state index is 0.371. The molecule has 0 aliphatic rings. The van der Waals surface area contributed by atoms with Crippen LogP contribution < -0.4 is 9.47 Å². The van der Waals surface area contributed by atoms with Crippen molar-refractivity contribution in [2.45, 2.75) is 0 Å². The fraction of sp³-hybridized carbons (Fsp3) is 0. The predicted molar refractivity (Wildman–Crippen MR) is 92.1 cm³/mol. The van der Waals surface area contributed by atoms with Crippen molar-refractivity contribution < 1.29 is 18.3 Å². The van der Waals surface area contributed by atoms with Crippen molar-refractivity contribution in [3.05, 3.63) is 81.9 Å². The second-order valence-electron chi connectivity index (χ2n) is 4.71. The third-order valence-corrected chi connectivity index (χ3v) is 3.85. The van der Waals surface area contributed by atoms with Crippen molar-refractivity contribution in [1.82, 2.24) is 0 Å². The molecular weight excluding hydrogens is 413 g/mol. The first-order valence-corrected chi connectivity index (χ1v) is 7.84. The van der Waals surface area contributed by atoms with Crippen LogP contribution in [0.5, 0.6) is 23.0 Å². The topological polar surface area (TPSA) is 18.5 Å². The molecule has 23 heavy (non-hydrogen) atoms. The van der Waals surface area contributed by atoms with Crippen LogP contribution in [0.25, 0.3) is 0 Å². The maximum atomic E-state index is 13.2. The number of ether oxygens (including phenoxy) is 2. The van der Waals surface area contributed by atoms with Gasteiger partial charge in [0.2, 0.25) is 0 Å². The second-order valence-corrected chi connectivity index (χ2v) is 5.87. The summed E-state index contributed by atoms with van der Waals surface area (Å²) in [7, 11) is 0. The molecule has 0 atom stereocenters. The minimum atomic E-state index is -0.371. The van der Waals surface area contributed by atoms with Gasteiger partial charge in [-0.25, -0.2) is 8.78 Å². The lowest BCUT2D eigenvalue weighted by atomic mass is 10.3. The molecule has 0 unspecified atom stereocenters. The SMILES string of the molecule is Fc1cccc(Oc2ccc(I)c(Oc3cccc(F)c3)c2)c1. The molecule has 3 aromatic carbocycles. The van der Waals surface area contributed by atoms with Gasteiger partial charge in [0.1, 0.15) is 34.6 Å². The Kier molecular flexibility index (Phi) is 4.76. The maximum Gasteiger partial charge on any atom is 0.144 e. The highest BCUT2D eigenvalue weighted by atomic mass is 127. The summed E-state index contributed by atoms with van der Waals surface area (Å²) in [6, 6.07) is 17.0. The Morgan fingerprint density at radius 2 is 1.22 bits per heavy atom. The van der Waals surface area contributed by atoms with Crippen LogP contribution in [0.2, 0.25) is 0 Å². The number of hydrogen-bond donors (Lipinski definition) is 0. The van der Waals surface area contributed by atoms with E-state index in [0.717, 1.165) is 3.57 Å². The van der Waals surface area contributed by atoms with Crippen LogP contribution in [0.1, 0.15) is 0 Å². The molecule has 0 heterocycles. The van der Waals surface area contributed by atoms with E-state index in [9.17, 15) is 8.78 Å². The molecule has 0 N–H and O–H groups in total. The van der Waals surface area contributed by atoms with Gasteiger partial charge in [0.25, 0.3) is 0 Å². The van der Waals surface area contributed by atoms with Gasteiger partial charge in [0.05, 0.1) is 3.57 Å². The van der Waals surface area contributed by atoms with Crippen LogP contribution in [-0.2, 0) is 0 Å². The molecule has 3 aromatic rings. The van der Waals surface area contributed by atoms with E-state index in [1.54, 1.807) is 36.4 Å². The largest absolute Gasteiger partial charge is 0.457 e. The number of rotatable bonds is 4. The Morgan fingerprint density at radius 1 is 0.652 bits per heavy atom. The molecule has 0 radical (unpaired) electrons. The molecule has 0 bridgehead atoms. The summed E-state index contributed by atoms with van der Waals surface area (Å²) in [5.41, 5.74) is 0. The van der Waals surface area contributed by atoms with Crippen LogP contribution in [0.15, 0.2) is 66.7 Å². The Labute approximate surface area is 145 Å². The normalized spacial score (nSPS) is 10.4. The number of halogens is 3. The molecule has 2 nitrogen and oxygen atoms in total. The summed E-state index contributed by atoms with van der Waals surface area (Å²) in [5, 5.41) is 0. The smallest absolute Gasteiger partial charge is 0.144 e. The first-order chi connectivity index (χ1) is 11.1. The van der Waals surface area contributed by atoms with Crippen LogP contribution in [0.3, 0.4) is 0 Å². The lowest BCUT2D eigenvalue weighted by Gasteiger charge is -2.11. The van der Waals surface area contributed by atoms with E-state index >= 15 is 0 Å². The molecule has 116 valence electrons. The summed E-state index contributed by atoms with van der Waals surface area (Å²) in [4.78, 5) is 0. The van der Waals surface area contributed by atoms with Gasteiger partial charge in [0, 0.05) is 18.2 Å². The van der Waals surface area contributed by atoms with Crippen molar-refractivity contribution in [2.75, 3.05) is 0 Å². The molecule has 0 aliphatic heterocycles. The third-order valence-electron chi connectivity index (χ3n) is 2.96. The van der Waals surface area contributed by atoms with E-state index < -0.39 is 0 Å². The highest BCUT2D eigenvalue weighted by Crippen LogP contribution is 2.32. The molecule has 0 spiro atoms. The van der Waals surface area contributed by atoms with Gasteiger partial charge in [0.15, 0.2) is 0 Å². The Bertz CT molecular complexity index is 837. The quantitative estimate of drug-likeness (QED) is 0.468. The minimum Gasteiger partial charge on any atom is -0.457 e. The van der Waals surface area contributed by atoms with Crippen molar-refractivity contribution >= 4 is 22.6 Å². The lowest BCUT2D eigenvalue weighted by Crippen LogP contribution is -1.91. The van der Waals surface area contributed by atoms with Gasteiger partial charge >= 0.3 is 0 Å². The fourth-order valence-electron chi connectivity index (χ4n) is 1.95. The van der Waals surface area contributed by atoms with Gasteiger partial charge in [-0.05, 0) is 59.0 Å². The van der Waals surface area contributed by atoms with Gasteiger partial charge in [-0.15, -0.1) is 0 Å². The molecule has 0 aliphatic carbocycles. The summed E-state index contributed by atoms with van der Waals surface area (Å²) < 4.78 is 38.6. The van der Waals surface area contributed by atoms with Gasteiger partial charge < -0.3 is 9.47 Å². The van der Waals surface area contributed by atoms with Gasteiger partial charge in [-0.1, -0.05) is 12.1 Å². The van der Waals surface area contributed by atoms with Crippen molar-refractivity contribution in [1.29, 1.82) is 0 Å². The average Bonchev–Trinajstić information content (AvgIpc) is 2.51. The molecule has 5 heteroatoms. The summed E-state index contributed by atoms with van der Waals surface area (Å²) in [5.74, 6) is 1.08. The maximum absolute atomic E-state index is 13.2. The fourth-order valence-corrected chi connectivity index (χ4v) is 2.40. The Hall–Kier alpha value is -2.15. The van der Waals surface area contributed by atoms with Gasteiger partial charge in [-0.2, -0.15) is 0 Å². The molecule has 0 aromatic heterocycles. The molecule has 0 fully saturated rings. The lowest BCUT2D eigenvalue weighted by molar-refractivity contribution is 0.453. The van der Waals surface area contributed by atoms with Crippen LogP contribution in [-0.4, -0.2) is 0 Å². The summed E-state index contributed by atoms with van der Waals surface area (Å²) in [6.45, 7) is 0. The third kappa shape index (κ3) is 4.19. The number of benzene rings is 3. The van der Waals surface area contributed by atoms with Gasteiger partial charge in [-0.3, -0.25) is 0 Å². The highest BCUT2D eigenvalue weighted by molar-refractivity contribution is 14.1. The Morgan fingerprint density at radius 3 is 1.83 bits per heavy atom. The predicted octanol–water partition coefficient (Wildman–Crippen LogP) is 6.15. The molecule has 0 saturated carbocycles.